The Balaban J connectivity index is 1.53. The highest BCUT2D eigenvalue weighted by Gasteiger charge is 2.27. The monoisotopic (exact) mass is 374 g/mol. The molecule has 0 unspecified atom stereocenters. The average molecular weight is 374 g/mol. The molecule has 1 aliphatic heterocycles. The summed E-state index contributed by atoms with van der Waals surface area (Å²) in [5.41, 5.74) is 2.21. The number of aliphatic imine (C=N–C) groups is 1. The van der Waals surface area contributed by atoms with E-state index in [9.17, 15) is 4.79 Å². The molecule has 1 N–H and O–H groups in total. The maximum Gasteiger partial charge on any atom is 0.329 e. The van der Waals surface area contributed by atoms with Crippen molar-refractivity contribution in [1.29, 1.82) is 0 Å². The van der Waals surface area contributed by atoms with Gasteiger partial charge in [-0.05, 0) is 43.9 Å². The molecule has 4 rings (SSSR count). The van der Waals surface area contributed by atoms with Crippen molar-refractivity contribution in [1.82, 2.24) is 4.98 Å². The number of fused-ring (bicyclic) bond motifs is 1. The Labute approximate surface area is 153 Å². The zero-order valence-electron chi connectivity index (χ0n) is 13.6. The molecule has 1 atom stereocenters. The van der Waals surface area contributed by atoms with Gasteiger partial charge in [0.1, 0.15) is 15.8 Å². The smallest absolute Gasteiger partial charge is 0.329 e. The molecule has 0 bridgehead atoms. The zero-order valence-corrected chi connectivity index (χ0v) is 15.2. The Morgan fingerprint density at radius 2 is 2.12 bits per heavy atom. The first-order chi connectivity index (χ1) is 12.1. The highest BCUT2D eigenvalue weighted by Crippen LogP contribution is 2.33. The van der Waals surface area contributed by atoms with Crippen molar-refractivity contribution in [2.75, 3.05) is 5.75 Å². The van der Waals surface area contributed by atoms with Crippen LogP contribution in [0.3, 0.4) is 0 Å². The molecule has 25 heavy (non-hydrogen) atoms. The third kappa shape index (κ3) is 3.57. The normalized spacial score (nSPS) is 21.5. The fourth-order valence-corrected chi connectivity index (χ4v) is 5.09. The predicted molar refractivity (Wildman–Crippen MR) is 102 cm³/mol. The molecule has 7 heteroatoms. The summed E-state index contributed by atoms with van der Waals surface area (Å²) >= 11 is 2.99. The lowest BCUT2D eigenvalue weighted by atomic mass is 9.94. The standard InChI is InChI=1S/C18H18N2O3S2/c1-10-2-4-11(5-3-10)23-12-6-7-13-15(8-12)25-17(19-13)16-20-14(9-24-16)18(21)22/h6-8,11,14H,1-5,9H2,(H,21,22)/t14-/m1/s1. The number of nitrogens with zero attached hydrogens (tertiary/aromatic N) is 2. The van der Waals surface area contributed by atoms with Gasteiger partial charge in [-0.3, -0.25) is 4.99 Å². The third-order valence-corrected chi connectivity index (χ3v) is 6.63. The fourth-order valence-electron chi connectivity index (χ4n) is 3.00. The van der Waals surface area contributed by atoms with Crippen LogP contribution in [0, 0.1) is 0 Å². The minimum atomic E-state index is -0.880. The van der Waals surface area contributed by atoms with Gasteiger partial charge in [-0.25, -0.2) is 9.78 Å². The van der Waals surface area contributed by atoms with Crippen LogP contribution in [0.25, 0.3) is 10.2 Å². The van der Waals surface area contributed by atoms with Crippen molar-refractivity contribution < 1.29 is 14.6 Å². The molecular formula is C18H18N2O3S2. The molecule has 0 spiro atoms. The molecule has 2 aromatic rings. The number of rotatable bonds is 4. The van der Waals surface area contributed by atoms with E-state index in [1.54, 1.807) is 0 Å². The van der Waals surface area contributed by atoms with Gasteiger partial charge in [-0.2, -0.15) is 0 Å². The second kappa shape index (κ2) is 6.80. The highest BCUT2D eigenvalue weighted by molar-refractivity contribution is 8.15. The molecule has 2 heterocycles. The van der Waals surface area contributed by atoms with Gasteiger partial charge in [0.05, 0.1) is 16.3 Å². The number of ether oxygens (including phenoxy) is 1. The first kappa shape index (κ1) is 16.6. The van der Waals surface area contributed by atoms with Crippen molar-refractivity contribution >= 4 is 44.3 Å². The fraction of sp³-hybridized carbons (Fsp3) is 0.389. The molecule has 1 aliphatic carbocycles. The van der Waals surface area contributed by atoms with Gasteiger partial charge < -0.3 is 9.84 Å². The summed E-state index contributed by atoms with van der Waals surface area (Å²) < 4.78 is 7.16. The van der Waals surface area contributed by atoms with Crippen LogP contribution >= 0.6 is 23.1 Å². The van der Waals surface area contributed by atoms with Gasteiger partial charge >= 0.3 is 5.97 Å². The number of hydrogen-bond acceptors (Lipinski definition) is 6. The molecule has 1 aromatic heterocycles. The van der Waals surface area contributed by atoms with Crippen LogP contribution in [-0.4, -0.2) is 39.0 Å². The van der Waals surface area contributed by atoms with Crippen molar-refractivity contribution in [3.05, 3.63) is 35.4 Å². The lowest BCUT2D eigenvalue weighted by molar-refractivity contribution is -0.137. The number of hydrogen-bond donors (Lipinski definition) is 1. The van der Waals surface area contributed by atoms with Crippen molar-refractivity contribution in [3.8, 4) is 5.75 Å². The summed E-state index contributed by atoms with van der Waals surface area (Å²) in [6.45, 7) is 4.04. The number of aliphatic carboxylic acids is 1. The minimum Gasteiger partial charge on any atom is -0.490 e. The first-order valence-corrected chi connectivity index (χ1v) is 10.1. The van der Waals surface area contributed by atoms with E-state index in [2.05, 4.69) is 16.6 Å². The third-order valence-electron chi connectivity index (χ3n) is 4.42. The van der Waals surface area contributed by atoms with Gasteiger partial charge in [-0.15, -0.1) is 23.1 Å². The van der Waals surface area contributed by atoms with Gasteiger partial charge in [0.25, 0.3) is 0 Å². The molecule has 130 valence electrons. The molecular weight excluding hydrogens is 356 g/mol. The molecule has 0 amide bonds. The number of thioether (sulfide) groups is 1. The maximum atomic E-state index is 11.0. The van der Waals surface area contributed by atoms with E-state index in [0.717, 1.165) is 51.7 Å². The molecule has 1 fully saturated rings. The Morgan fingerprint density at radius 1 is 1.32 bits per heavy atom. The van der Waals surface area contributed by atoms with Gasteiger partial charge in [0.2, 0.25) is 0 Å². The maximum absolute atomic E-state index is 11.0. The van der Waals surface area contributed by atoms with Crippen LogP contribution in [0.15, 0.2) is 35.3 Å². The Kier molecular flexibility index (Phi) is 4.52. The van der Waals surface area contributed by atoms with Crippen molar-refractivity contribution in [2.24, 2.45) is 4.99 Å². The lowest BCUT2D eigenvalue weighted by Crippen LogP contribution is -2.20. The molecule has 1 saturated carbocycles. The first-order valence-electron chi connectivity index (χ1n) is 8.26. The predicted octanol–water partition coefficient (Wildman–Crippen LogP) is 4.12. The number of aromatic nitrogens is 1. The molecule has 0 saturated heterocycles. The number of allylic oxidation sites excluding steroid dienone is 1. The number of thiazole rings is 1. The Hall–Kier alpha value is -1.86. The average Bonchev–Trinajstić information content (AvgIpc) is 3.23. The second-order valence-electron chi connectivity index (χ2n) is 6.32. The SMILES string of the molecule is C=C1CCC(Oc2ccc3nc(C4=N[C@@H](C(=O)O)CS4)sc3c2)CC1. The Bertz CT molecular complexity index is 864. The zero-order chi connectivity index (χ0) is 17.4. The summed E-state index contributed by atoms with van der Waals surface area (Å²) in [5, 5.41) is 10.6. The van der Waals surface area contributed by atoms with Crippen molar-refractivity contribution in [3.63, 3.8) is 0 Å². The van der Waals surface area contributed by atoms with Crippen molar-refractivity contribution in [2.45, 2.75) is 37.8 Å². The summed E-state index contributed by atoms with van der Waals surface area (Å²) in [4.78, 5) is 19.9. The topological polar surface area (TPSA) is 71.8 Å². The van der Waals surface area contributed by atoms with Gasteiger partial charge in [0.15, 0.2) is 6.04 Å². The van der Waals surface area contributed by atoms with Crippen LogP contribution in [0.1, 0.15) is 30.7 Å². The minimum absolute atomic E-state index is 0.251. The number of carbonyl (C=O) groups is 1. The molecule has 5 nitrogen and oxygen atoms in total. The summed E-state index contributed by atoms with van der Waals surface area (Å²) in [6, 6.07) is 5.28. The Morgan fingerprint density at radius 3 is 2.84 bits per heavy atom. The number of carboxylic acid groups (broad SMARTS) is 1. The van der Waals surface area contributed by atoms with E-state index in [1.165, 1.54) is 28.7 Å². The summed E-state index contributed by atoms with van der Waals surface area (Å²) in [5.74, 6) is 0.459. The van der Waals surface area contributed by atoms with Crippen LogP contribution in [-0.2, 0) is 4.79 Å². The van der Waals surface area contributed by atoms with Gasteiger partial charge in [-0.1, -0.05) is 12.2 Å². The quantitative estimate of drug-likeness (QED) is 0.815. The summed E-state index contributed by atoms with van der Waals surface area (Å²) in [6.07, 6.45) is 4.38. The van der Waals surface area contributed by atoms with Crippen LogP contribution in [0.5, 0.6) is 5.75 Å². The van der Waals surface area contributed by atoms with Crippen LogP contribution in [0.4, 0.5) is 0 Å². The van der Waals surface area contributed by atoms with Crippen LogP contribution < -0.4 is 4.74 Å². The second-order valence-corrected chi connectivity index (χ2v) is 8.35. The van der Waals surface area contributed by atoms with Gasteiger partial charge in [0, 0.05) is 5.75 Å². The number of benzene rings is 1. The summed E-state index contributed by atoms with van der Waals surface area (Å²) in [7, 11) is 0. The van der Waals surface area contributed by atoms with Crippen LogP contribution in [0.2, 0.25) is 0 Å². The van der Waals surface area contributed by atoms with E-state index < -0.39 is 12.0 Å². The largest absolute Gasteiger partial charge is 0.490 e. The number of carboxylic acids is 1. The molecule has 1 aromatic carbocycles. The van der Waals surface area contributed by atoms with E-state index >= 15 is 0 Å². The van der Waals surface area contributed by atoms with E-state index in [1.807, 2.05) is 18.2 Å². The van der Waals surface area contributed by atoms with E-state index in [0.29, 0.717) is 5.75 Å². The van der Waals surface area contributed by atoms with E-state index in [4.69, 9.17) is 9.84 Å². The highest BCUT2D eigenvalue weighted by atomic mass is 32.2. The lowest BCUT2D eigenvalue weighted by Gasteiger charge is -2.24. The molecule has 2 aliphatic rings. The molecule has 0 radical (unpaired) electrons. The van der Waals surface area contributed by atoms with E-state index in [-0.39, 0.29) is 6.10 Å².